The predicted octanol–water partition coefficient (Wildman–Crippen LogP) is 1.82. The number of aromatic carboxylic acids is 1. The molecule has 0 amide bonds. The number of nitrogens with zero attached hydrogens (tertiary/aromatic N) is 5. The van der Waals surface area contributed by atoms with Crippen molar-refractivity contribution < 1.29 is 23.1 Å². The minimum Gasteiger partial charge on any atom is -0.476 e. The van der Waals surface area contributed by atoms with Crippen molar-refractivity contribution >= 4 is 5.97 Å². The predicted molar refractivity (Wildman–Crippen MR) is 63.7 cm³/mol. The molecule has 7 nitrogen and oxygen atoms in total. The largest absolute Gasteiger partial charge is 0.476 e. The molecule has 0 radical (unpaired) electrons. The zero-order valence-electron chi connectivity index (χ0n) is 11.2. The van der Waals surface area contributed by atoms with Crippen molar-refractivity contribution in [3.63, 3.8) is 0 Å². The Kier molecular flexibility index (Phi) is 3.71. The highest BCUT2D eigenvalue weighted by Crippen LogP contribution is 2.31. The monoisotopic (exact) mass is 303 g/mol. The van der Waals surface area contributed by atoms with Crippen LogP contribution in [0.3, 0.4) is 0 Å². The topological polar surface area (TPSA) is 85.8 Å². The van der Waals surface area contributed by atoms with Gasteiger partial charge >= 0.3 is 12.1 Å². The van der Waals surface area contributed by atoms with Crippen LogP contribution in [-0.4, -0.2) is 35.9 Å². The van der Waals surface area contributed by atoms with Crippen LogP contribution in [0.4, 0.5) is 13.2 Å². The summed E-state index contributed by atoms with van der Waals surface area (Å²) in [6.07, 6.45) is -3.24. The van der Waals surface area contributed by atoms with Crippen LogP contribution in [0.1, 0.15) is 41.8 Å². The molecule has 114 valence electrons. The molecule has 0 aliphatic heterocycles. The third kappa shape index (κ3) is 3.03. The van der Waals surface area contributed by atoms with Crippen molar-refractivity contribution in [2.75, 3.05) is 0 Å². The van der Waals surface area contributed by atoms with E-state index in [9.17, 15) is 18.0 Å². The molecule has 0 aromatic carbocycles. The molecular weight excluding hydrogens is 291 g/mol. The van der Waals surface area contributed by atoms with Gasteiger partial charge < -0.3 is 5.11 Å². The quantitative estimate of drug-likeness (QED) is 0.931. The van der Waals surface area contributed by atoms with Gasteiger partial charge in [0.15, 0.2) is 5.69 Å². The van der Waals surface area contributed by atoms with Crippen LogP contribution >= 0.6 is 0 Å². The minimum atomic E-state index is -4.86. The highest BCUT2D eigenvalue weighted by atomic mass is 19.4. The second-order valence-electron chi connectivity index (χ2n) is 4.63. The molecule has 2 aromatic rings. The summed E-state index contributed by atoms with van der Waals surface area (Å²) in [5.41, 5.74) is -2.18. The number of carboxylic acids is 1. The maximum Gasteiger partial charge on any atom is 0.435 e. The molecule has 0 aliphatic carbocycles. The third-order valence-corrected chi connectivity index (χ3v) is 2.71. The van der Waals surface area contributed by atoms with Gasteiger partial charge in [-0.1, -0.05) is 5.21 Å². The fourth-order valence-corrected chi connectivity index (χ4v) is 1.75. The fourth-order valence-electron chi connectivity index (χ4n) is 1.75. The molecular formula is C11H12F3N5O2. The molecule has 0 saturated heterocycles. The molecule has 0 saturated carbocycles. The Balaban J connectivity index is 2.37. The molecule has 0 unspecified atom stereocenters. The van der Waals surface area contributed by atoms with E-state index in [-0.39, 0.29) is 12.6 Å². The van der Waals surface area contributed by atoms with Gasteiger partial charge in [-0.2, -0.15) is 18.3 Å². The van der Waals surface area contributed by atoms with Crippen LogP contribution < -0.4 is 0 Å². The Labute approximate surface area is 117 Å². The summed E-state index contributed by atoms with van der Waals surface area (Å²) in [6.45, 7) is 3.43. The molecule has 2 heterocycles. The Morgan fingerprint density at radius 2 is 2.10 bits per heavy atom. The van der Waals surface area contributed by atoms with Crippen molar-refractivity contribution in [2.24, 2.45) is 0 Å². The molecule has 0 spiro atoms. The molecule has 0 bridgehead atoms. The van der Waals surface area contributed by atoms with Gasteiger partial charge in [0.25, 0.3) is 0 Å². The van der Waals surface area contributed by atoms with Crippen LogP contribution in [0.25, 0.3) is 0 Å². The van der Waals surface area contributed by atoms with E-state index in [0.717, 1.165) is 0 Å². The van der Waals surface area contributed by atoms with E-state index in [0.29, 0.717) is 10.4 Å². The summed E-state index contributed by atoms with van der Waals surface area (Å²) in [4.78, 5) is 10.8. The van der Waals surface area contributed by atoms with Crippen molar-refractivity contribution in [1.29, 1.82) is 0 Å². The smallest absolute Gasteiger partial charge is 0.435 e. The third-order valence-electron chi connectivity index (χ3n) is 2.71. The summed E-state index contributed by atoms with van der Waals surface area (Å²) < 4.78 is 40.9. The Hall–Kier alpha value is -2.39. The lowest BCUT2D eigenvalue weighted by Gasteiger charge is -2.09. The van der Waals surface area contributed by atoms with Gasteiger partial charge in [0.1, 0.15) is 0 Å². The maximum absolute atomic E-state index is 12.9. The zero-order valence-corrected chi connectivity index (χ0v) is 11.2. The van der Waals surface area contributed by atoms with E-state index >= 15 is 0 Å². The van der Waals surface area contributed by atoms with E-state index in [1.807, 2.05) is 13.8 Å². The number of hydrogen-bond donors (Lipinski definition) is 1. The SMILES string of the molecule is CC(C)n1ccc(Cn2nnc(C(=O)O)c2C(F)(F)F)n1. The van der Waals surface area contributed by atoms with E-state index in [1.54, 1.807) is 16.9 Å². The fraction of sp³-hybridized carbons (Fsp3) is 0.455. The number of aromatic nitrogens is 5. The van der Waals surface area contributed by atoms with Gasteiger partial charge in [-0.25, -0.2) is 9.48 Å². The summed E-state index contributed by atoms with van der Waals surface area (Å²) in [6, 6.07) is 1.61. The van der Waals surface area contributed by atoms with Crippen molar-refractivity contribution in [1.82, 2.24) is 24.8 Å². The lowest BCUT2D eigenvalue weighted by Crippen LogP contribution is -2.19. The maximum atomic E-state index is 12.9. The molecule has 0 atom stereocenters. The Morgan fingerprint density at radius 3 is 2.57 bits per heavy atom. The van der Waals surface area contributed by atoms with Crippen LogP contribution in [0.15, 0.2) is 12.3 Å². The summed E-state index contributed by atoms with van der Waals surface area (Å²) in [5.74, 6) is -1.78. The van der Waals surface area contributed by atoms with Crippen molar-refractivity contribution in [3.8, 4) is 0 Å². The first-order valence-electron chi connectivity index (χ1n) is 5.98. The minimum absolute atomic E-state index is 0.0613. The number of halogens is 3. The van der Waals surface area contributed by atoms with Crippen molar-refractivity contribution in [3.05, 3.63) is 29.3 Å². The lowest BCUT2D eigenvalue weighted by molar-refractivity contribution is -0.144. The molecule has 2 rings (SSSR count). The van der Waals surface area contributed by atoms with Crippen LogP contribution in [0, 0.1) is 0 Å². The lowest BCUT2D eigenvalue weighted by atomic mass is 10.3. The van der Waals surface area contributed by atoms with Gasteiger partial charge in [0, 0.05) is 12.2 Å². The number of rotatable bonds is 4. The van der Waals surface area contributed by atoms with Gasteiger partial charge in [-0.15, -0.1) is 5.10 Å². The van der Waals surface area contributed by atoms with E-state index in [2.05, 4.69) is 15.4 Å². The number of carboxylic acid groups (broad SMARTS) is 1. The summed E-state index contributed by atoms with van der Waals surface area (Å²) >= 11 is 0. The van der Waals surface area contributed by atoms with E-state index < -0.39 is 23.5 Å². The first kappa shape index (κ1) is 15.0. The summed E-state index contributed by atoms with van der Waals surface area (Å²) in [5, 5.41) is 19.2. The van der Waals surface area contributed by atoms with Crippen LogP contribution in [0.5, 0.6) is 0 Å². The molecule has 2 aromatic heterocycles. The van der Waals surface area contributed by atoms with Gasteiger partial charge in [-0.3, -0.25) is 4.68 Å². The van der Waals surface area contributed by atoms with Crippen molar-refractivity contribution in [2.45, 2.75) is 32.6 Å². The van der Waals surface area contributed by atoms with Gasteiger partial charge in [-0.05, 0) is 19.9 Å². The Morgan fingerprint density at radius 1 is 1.43 bits per heavy atom. The highest BCUT2D eigenvalue weighted by Gasteiger charge is 2.41. The Bertz CT molecular complexity index is 659. The molecule has 1 N–H and O–H groups in total. The summed E-state index contributed by atoms with van der Waals surface area (Å²) in [7, 11) is 0. The van der Waals surface area contributed by atoms with Crippen LogP contribution in [-0.2, 0) is 12.7 Å². The van der Waals surface area contributed by atoms with Gasteiger partial charge in [0.2, 0.25) is 5.69 Å². The highest BCUT2D eigenvalue weighted by molar-refractivity contribution is 5.86. The number of hydrogen-bond acceptors (Lipinski definition) is 4. The molecule has 0 fully saturated rings. The average Bonchev–Trinajstić information content (AvgIpc) is 2.94. The first-order valence-corrected chi connectivity index (χ1v) is 5.98. The first-order chi connectivity index (χ1) is 9.70. The molecule has 10 heteroatoms. The zero-order chi connectivity index (χ0) is 15.8. The standard InChI is InChI=1S/C11H12F3N5O2/c1-6(2)18-4-3-7(16-18)5-19-9(11(12,13)14)8(10(20)21)15-17-19/h3-4,6H,5H2,1-2H3,(H,20,21). The number of carbonyl (C=O) groups is 1. The molecule has 0 aliphatic rings. The normalized spacial score (nSPS) is 12.1. The second kappa shape index (κ2) is 5.19. The van der Waals surface area contributed by atoms with E-state index in [1.165, 1.54) is 0 Å². The second-order valence-corrected chi connectivity index (χ2v) is 4.63. The van der Waals surface area contributed by atoms with Crippen LogP contribution in [0.2, 0.25) is 0 Å². The van der Waals surface area contributed by atoms with E-state index in [4.69, 9.17) is 5.11 Å². The average molecular weight is 303 g/mol. The molecule has 21 heavy (non-hydrogen) atoms. The number of alkyl halides is 3. The van der Waals surface area contributed by atoms with Gasteiger partial charge in [0.05, 0.1) is 12.2 Å².